The van der Waals surface area contributed by atoms with E-state index < -0.39 is 0 Å². The maximum Gasteiger partial charge on any atom is 0.0686 e. The van der Waals surface area contributed by atoms with Gasteiger partial charge in [0, 0.05) is 25.4 Å². The number of rotatable bonds is 1. The summed E-state index contributed by atoms with van der Waals surface area (Å²) < 4.78 is 11.4. The maximum absolute atomic E-state index is 6.60. The van der Waals surface area contributed by atoms with Gasteiger partial charge >= 0.3 is 0 Å². The standard InChI is InChI=1S/C13H23NO2/c14-13(5-8-15-9-6-13)11-2-7-16-12(10-11)3-1-4-12/h11H,1-10,14H2. The van der Waals surface area contributed by atoms with Crippen molar-refractivity contribution in [3.05, 3.63) is 0 Å². The van der Waals surface area contributed by atoms with Crippen LogP contribution in [0.15, 0.2) is 0 Å². The van der Waals surface area contributed by atoms with E-state index in [4.69, 9.17) is 15.2 Å². The van der Waals surface area contributed by atoms with E-state index in [2.05, 4.69) is 0 Å². The van der Waals surface area contributed by atoms with Gasteiger partial charge < -0.3 is 15.2 Å². The number of ether oxygens (including phenoxy) is 2. The van der Waals surface area contributed by atoms with Gasteiger partial charge in [-0.15, -0.1) is 0 Å². The normalized spacial score (nSPS) is 36.9. The van der Waals surface area contributed by atoms with Gasteiger partial charge in [-0.05, 0) is 50.9 Å². The zero-order valence-corrected chi connectivity index (χ0v) is 10.0. The Bertz CT molecular complexity index is 257. The molecule has 2 N–H and O–H groups in total. The fourth-order valence-electron chi connectivity index (χ4n) is 3.60. The third-order valence-electron chi connectivity index (χ3n) is 4.99. The van der Waals surface area contributed by atoms with Crippen molar-refractivity contribution in [1.82, 2.24) is 0 Å². The molecule has 3 nitrogen and oxygen atoms in total. The molecule has 1 atom stereocenters. The molecule has 3 heteroatoms. The van der Waals surface area contributed by atoms with E-state index >= 15 is 0 Å². The van der Waals surface area contributed by atoms with Crippen molar-refractivity contribution in [2.45, 2.75) is 56.1 Å². The number of hydrogen-bond donors (Lipinski definition) is 1. The topological polar surface area (TPSA) is 44.5 Å². The Labute approximate surface area is 97.7 Å². The van der Waals surface area contributed by atoms with Gasteiger partial charge in [-0.25, -0.2) is 0 Å². The van der Waals surface area contributed by atoms with Crippen LogP contribution in [0.4, 0.5) is 0 Å². The van der Waals surface area contributed by atoms with Crippen LogP contribution in [-0.4, -0.2) is 31.0 Å². The average molecular weight is 225 g/mol. The molecule has 1 spiro atoms. The van der Waals surface area contributed by atoms with Gasteiger partial charge in [-0.3, -0.25) is 0 Å². The van der Waals surface area contributed by atoms with E-state index in [1.165, 1.54) is 25.7 Å². The largest absolute Gasteiger partial charge is 0.381 e. The van der Waals surface area contributed by atoms with Crippen LogP contribution in [0.5, 0.6) is 0 Å². The SMILES string of the molecule is NC1(C2CCOC3(CCC3)C2)CCOCC1. The lowest BCUT2D eigenvalue weighted by atomic mass is 9.65. The molecule has 92 valence electrons. The summed E-state index contributed by atoms with van der Waals surface area (Å²) in [5.41, 5.74) is 6.86. The van der Waals surface area contributed by atoms with Gasteiger partial charge in [-0.1, -0.05) is 0 Å². The van der Waals surface area contributed by atoms with Gasteiger partial charge in [0.2, 0.25) is 0 Å². The van der Waals surface area contributed by atoms with Crippen molar-refractivity contribution in [3.8, 4) is 0 Å². The summed E-state index contributed by atoms with van der Waals surface area (Å²) in [4.78, 5) is 0. The van der Waals surface area contributed by atoms with Gasteiger partial charge in [0.25, 0.3) is 0 Å². The van der Waals surface area contributed by atoms with E-state index in [9.17, 15) is 0 Å². The molecule has 3 aliphatic rings. The van der Waals surface area contributed by atoms with Crippen molar-refractivity contribution in [1.29, 1.82) is 0 Å². The third-order valence-corrected chi connectivity index (χ3v) is 4.99. The van der Waals surface area contributed by atoms with Crippen LogP contribution in [-0.2, 0) is 9.47 Å². The van der Waals surface area contributed by atoms with Gasteiger partial charge in [0.1, 0.15) is 0 Å². The Hall–Kier alpha value is -0.120. The van der Waals surface area contributed by atoms with Crippen molar-refractivity contribution < 1.29 is 9.47 Å². The highest BCUT2D eigenvalue weighted by Gasteiger charge is 2.48. The van der Waals surface area contributed by atoms with E-state index in [-0.39, 0.29) is 11.1 Å². The Kier molecular flexibility index (Phi) is 2.73. The highest BCUT2D eigenvalue weighted by atomic mass is 16.5. The number of hydrogen-bond acceptors (Lipinski definition) is 3. The second-order valence-corrected chi connectivity index (χ2v) is 5.92. The molecular weight excluding hydrogens is 202 g/mol. The van der Waals surface area contributed by atoms with Gasteiger partial charge in [-0.2, -0.15) is 0 Å². The summed E-state index contributed by atoms with van der Waals surface area (Å²) in [6.07, 6.45) is 8.28. The minimum absolute atomic E-state index is 0.0324. The molecule has 0 amide bonds. The molecule has 1 unspecified atom stereocenters. The lowest BCUT2D eigenvalue weighted by Gasteiger charge is -2.52. The smallest absolute Gasteiger partial charge is 0.0686 e. The first-order valence-electron chi connectivity index (χ1n) is 6.73. The van der Waals surface area contributed by atoms with E-state index in [0.29, 0.717) is 5.92 Å². The molecule has 3 rings (SSSR count). The molecule has 3 fully saturated rings. The highest BCUT2D eigenvalue weighted by Crippen LogP contribution is 2.47. The van der Waals surface area contributed by atoms with Crippen LogP contribution in [0.2, 0.25) is 0 Å². The molecule has 2 aliphatic heterocycles. The van der Waals surface area contributed by atoms with Crippen LogP contribution in [0.1, 0.15) is 44.9 Å². The monoisotopic (exact) mass is 225 g/mol. The average Bonchev–Trinajstić information content (AvgIpc) is 2.28. The molecule has 2 saturated heterocycles. The predicted octanol–water partition coefficient (Wildman–Crippen LogP) is 1.84. The van der Waals surface area contributed by atoms with Crippen LogP contribution >= 0.6 is 0 Å². The lowest BCUT2D eigenvalue weighted by molar-refractivity contribution is -0.157. The zero-order valence-electron chi connectivity index (χ0n) is 10.0. The molecule has 0 radical (unpaired) electrons. The maximum atomic E-state index is 6.60. The van der Waals surface area contributed by atoms with Crippen LogP contribution in [0.25, 0.3) is 0 Å². The Morgan fingerprint density at radius 2 is 1.75 bits per heavy atom. The minimum Gasteiger partial charge on any atom is -0.381 e. The van der Waals surface area contributed by atoms with E-state index in [1.54, 1.807) is 0 Å². The van der Waals surface area contributed by atoms with Crippen LogP contribution in [0, 0.1) is 5.92 Å². The molecule has 16 heavy (non-hydrogen) atoms. The third kappa shape index (κ3) is 1.79. The van der Waals surface area contributed by atoms with Crippen LogP contribution < -0.4 is 5.73 Å². The first-order chi connectivity index (χ1) is 7.73. The molecule has 0 aromatic rings. The van der Waals surface area contributed by atoms with Crippen molar-refractivity contribution in [3.63, 3.8) is 0 Å². The first kappa shape index (κ1) is 11.0. The zero-order chi connectivity index (χ0) is 11.1. The summed E-state index contributed by atoms with van der Waals surface area (Å²) in [6, 6.07) is 0. The Morgan fingerprint density at radius 3 is 2.38 bits per heavy atom. The lowest BCUT2D eigenvalue weighted by Crippen LogP contribution is -2.57. The summed E-state index contributed by atoms with van der Waals surface area (Å²) in [5, 5.41) is 0. The van der Waals surface area contributed by atoms with E-state index in [0.717, 1.165) is 39.1 Å². The molecule has 0 bridgehead atoms. The Balaban J connectivity index is 1.68. The molecule has 0 aromatic heterocycles. The molecule has 1 saturated carbocycles. The Morgan fingerprint density at radius 1 is 1.00 bits per heavy atom. The first-order valence-corrected chi connectivity index (χ1v) is 6.73. The van der Waals surface area contributed by atoms with Gasteiger partial charge in [0.05, 0.1) is 5.60 Å². The number of nitrogens with two attached hydrogens (primary N) is 1. The summed E-state index contributed by atoms with van der Waals surface area (Å²) in [5.74, 6) is 0.658. The molecule has 1 aliphatic carbocycles. The highest BCUT2D eigenvalue weighted by molar-refractivity contribution is 5.02. The second kappa shape index (κ2) is 3.97. The summed E-state index contributed by atoms with van der Waals surface area (Å²) in [6.45, 7) is 2.62. The fraction of sp³-hybridized carbons (Fsp3) is 1.00. The minimum atomic E-state index is 0.0324. The molecule has 0 aromatic carbocycles. The summed E-state index contributed by atoms with van der Waals surface area (Å²) >= 11 is 0. The molecular formula is C13H23NO2. The van der Waals surface area contributed by atoms with Crippen molar-refractivity contribution >= 4 is 0 Å². The van der Waals surface area contributed by atoms with Gasteiger partial charge in [0.15, 0.2) is 0 Å². The van der Waals surface area contributed by atoms with Crippen molar-refractivity contribution in [2.24, 2.45) is 11.7 Å². The molecule has 2 heterocycles. The summed E-state index contributed by atoms with van der Waals surface area (Å²) in [7, 11) is 0. The quantitative estimate of drug-likeness (QED) is 0.740. The van der Waals surface area contributed by atoms with Crippen LogP contribution in [0.3, 0.4) is 0 Å². The van der Waals surface area contributed by atoms with Crippen molar-refractivity contribution in [2.75, 3.05) is 19.8 Å². The second-order valence-electron chi connectivity index (χ2n) is 5.92. The van der Waals surface area contributed by atoms with E-state index in [1.807, 2.05) is 0 Å². The fourth-order valence-corrected chi connectivity index (χ4v) is 3.60. The predicted molar refractivity (Wildman–Crippen MR) is 62.2 cm³/mol.